The van der Waals surface area contributed by atoms with Gasteiger partial charge in [-0.25, -0.2) is 4.79 Å². The van der Waals surface area contributed by atoms with Crippen molar-refractivity contribution in [2.24, 2.45) is 5.92 Å². The zero-order chi connectivity index (χ0) is 16.1. The smallest absolute Gasteiger partial charge is 0.317 e. The molecule has 1 N–H and O–H groups in total. The van der Waals surface area contributed by atoms with Crippen LogP contribution in [0.2, 0.25) is 0 Å². The van der Waals surface area contributed by atoms with E-state index >= 15 is 0 Å². The molecule has 3 aliphatic rings. The number of hydrogen-bond donors (Lipinski definition) is 1. The van der Waals surface area contributed by atoms with Gasteiger partial charge in [0, 0.05) is 39.3 Å². The van der Waals surface area contributed by atoms with Crippen molar-refractivity contribution < 1.29 is 19.1 Å². The van der Waals surface area contributed by atoms with Gasteiger partial charge < -0.3 is 24.6 Å². The number of rotatable bonds is 3. The summed E-state index contributed by atoms with van der Waals surface area (Å²) in [5, 5.41) is 2.95. The van der Waals surface area contributed by atoms with E-state index < -0.39 is 0 Å². The summed E-state index contributed by atoms with van der Waals surface area (Å²) in [6, 6.07) is -0.0695. The molecule has 23 heavy (non-hydrogen) atoms. The average Bonchev–Trinajstić information content (AvgIpc) is 3.13. The number of carbonyl (C=O) groups excluding carboxylic acids is 2. The first-order valence-electron chi connectivity index (χ1n) is 8.75. The Kier molecular flexibility index (Phi) is 5.72. The first-order chi connectivity index (χ1) is 11.2. The summed E-state index contributed by atoms with van der Waals surface area (Å²) in [6.07, 6.45) is 3.98. The molecule has 7 nitrogen and oxygen atoms in total. The van der Waals surface area contributed by atoms with Crippen LogP contribution in [0.4, 0.5) is 4.79 Å². The van der Waals surface area contributed by atoms with Gasteiger partial charge in [0.1, 0.15) is 0 Å². The lowest BCUT2D eigenvalue weighted by atomic mass is 9.96. The Balaban J connectivity index is 1.46. The molecule has 0 aromatic carbocycles. The molecule has 130 valence electrons. The second-order valence-corrected chi connectivity index (χ2v) is 6.54. The molecule has 2 atom stereocenters. The minimum atomic E-state index is -0.0738. The first-order valence-corrected chi connectivity index (χ1v) is 8.75. The predicted octanol–water partition coefficient (Wildman–Crippen LogP) is 0.446. The molecule has 3 rings (SSSR count). The molecule has 3 fully saturated rings. The highest BCUT2D eigenvalue weighted by Gasteiger charge is 2.32. The van der Waals surface area contributed by atoms with Gasteiger partial charge in [-0.3, -0.25) is 4.79 Å². The number of morpholine rings is 1. The van der Waals surface area contributed by atoms with E-state index in [1.807, 2.05) is 4.90 Å². The van der Waals surface area contributed by atoms with Crippen LogP contribution in [0.3, 0.4) is 0 Å². The van der Waals surface area contributed by atoms with Crippen LogP contribution >= 0.6 is 0 Å². The standard InChI is InChI=1S/C16H27N3O4/c20-15(18-6-9-22-10-7-18)13-3-1-5-19(12-13)16(21)17-11-14-4-2-8-23-14/h13-14H,1-12H2,(H,17,21)/t13-,14-/m1/s1. The zero-order valence-electron chi connectivity index (χ0n) is 13.7. The molecule has 0 bridgehead atoms. The summed E-state index contributed by atoms with van der Waals surface area (Å²) in [5.74, 6) is 0.0975. The molecule has 7 heteroatoms. The van der Waals surface area contributed by atoms with Gasteiger partial charge >= 0.3 is 6.03 Å². The molecule has 3 saturated heterocycles. The van der Waals surface area contributed by atoms with E-state index in [2.05, 4.69) is 5.32 Å². The fraction of sp³-hybridized carbons (Fsp3) is 0.875. The quantitative estimate of drug-likeness (QED) is 0.818. The maximum atomic E-state index is 12.6. The largest absolute Gasteiger partial charge is 0.378 e. The van der Waals surface area contributed by atoms with E-state index in [-0.39, 0.29) is 24.0 Å². The Morgan fingerprint density at radius 3 is 2.57 bits per heavy atom. The van der Waals surface area contributed by atoms with E-state index in [0.717, 1.165) is 38.8 Å². The normalized spacial score (nSPS) is 28.7. The molecule has 0 unspecified atom stereocenters. The number of nitrogens with one attached hydrogen (secondary N) is 1. The van der Waals surface area contributed by atoms with Crippen LogP contribution < -0.4 is 5.32 Å². The molecule has 0 spiro atoms. The van der Waals surface area contributed by atoms with Crippen LogP contribution in [0.5, 0.6) is 0 Å². The van der Waals surface area contributed by atoms with E-state index in [9.17, 15) is 9.59 Å². The monoisotopic (exact) mass is 325 g/mol. The summed E-state index contributed by atoms with van der Waals surface area (Å²) in [6.45, 7) is 5.17. The number of amides is 3. The van der Waals surface area contributed by atoms with Gasteiger partial charge in [0.2, 0.25) is 5.91 Å². The van der Waals surface area contributed by atoms with Gasteiger partial charge in [0.15, 0.2) is 0 Å². The maximum absolute atomic E-state index is 12.6. The van der Waals surface area contributed by atoms with Crippen molar-refractivity contribution in [2.45, 2.75) is 31.8 Å². The summed E-state index contributed by atoms with van der Waals surface area (Å²) < 4.78 is 10.8. The van der Waals surface area contributed by atoms with Gasteiger partial charge in [-0.05, 0) is 25.7 Å². The molecular formula is C16H27N3O4. The first kappa shape index (κ1) is 16.5. The third kappa shape index (κ3) is 4.35. The molecule has 3 amide bonds. The molecule has 0 radical (unpaired) electrons. The van der Waals surface area contributed by atoms with Gasteiger partial charge in [0.25, 0.3) is 0 Å². The van der Waals surface area contributed by atoms with Crippen molar-refractivity contribution >= 4 is 11.9 Å². The van der Waals surface area contributed by atoms with Crippen LogP contribution in [0.1, 0.15) is 25.7 Å². The molecule has 0 aromatic rings. The third-order valence-electron chi connectivity index (χ3n) is 4.89. The minimum absolute atomic E-state index is 0.0695. The number of piperidine rings is 1. The predicted molar refractivity (Wildman–Crippen MR) is 84.1 cm³/mol. The number of ether oxygens (including phenoxy) is 2. The Morgan fingerprint density at radius 2 is 1.83 bits per heavy atom. The van der Waals surface area contributed by atoms with Crippen molar-refractivity contribution in [3.8, 4) is 0 Å². The maximum Gasteiger partial charge on any atom is 0.317 e. The lowest BCUT2D eigenvalue weighted by molar-refractivity contribution is -0.141. The van der Waals surface area contributed by atoms with Gasteiger partial charge in [-0.1, -0.05) is 0 Å². The highest BCUT2D eigenvalue weighted by molar-refractivity contribution is 5.81. The number of likely N-dealkylation sites (tertiary alicyclic amines) is 1. The Bertz CT molecular complexity index is 420. The lowest BCUT2D eigenvalue weighted by Crippen LogP contribution is -2.52. The molecule has 3 heterocycles. The van der Waals surface area contributed by atoms with Crippen LogP contribution in [0.25, 0.3) is 0 Å². The average molecular weight is 325 g/mol. The SMILES string of the molecule is O=C(NC[C@H]1CCCO1)N1CCC[C@@H](C(=O)N2CCOCC2)C1. The highest BCUT2D eigenvalue weighted by atomic mass is 16.5. The highest BCUT2D eigenvalue weighted by Crippen LogP contribution is 2.20. The number of hydrogen-bond acceptors (Lipinski definition) is 4. The molecular weight excluding hydrogens is 298 g/mol. The molecule has 0 aliphatic carbocycles. The van der Waals surface area contributed by atoms with Crippen molar-refractivity contribution in [1.29, 1.82) is 0 Å². The number of nitrogens with zero attached hydrogens (tertiary/aromatic N) is 2. The van der Waals surface area contributed by atoms with Crippen molar-refractivity contribution in [2.75, 3.05) is 52.5 Å². The van der Waals surface area contributed by atoms with Crippen molar-refractivity contribution in [1.82, 2.24) is 15.1 Å². The van der Waals surface area contributed by atoms with Crippen molar-refractivity contribution in [3.63, 3.8) is 0 Å². The minimum Gasteiger partial charge on any atom is -0.378 e. The van der Waals surface area contributed by atoms with Crippen LogP contribution in [-0.4, -0.2) is 80.4 Å². The number of carbonyl (C=O) groups is 2. The van der Waals surface area contributed by atoms with Crippen LogP contribution in [-0.2, 0) is 14.3 Å². The van der Waals surface area contributed by atoms with E-state index in [4.69, 9.17) is 9.47 Å². The molecule has 3 aliphatic heterocycles. The summed E-state index contributed by atoms with van der Waals surface area (Å²) in [4.78, 5) is 28.6. The van der Waals surface area contributed by atoms with E-state index in [1.54, 1.807) is 4.90 Å². The van der Waals surface area contributed by atoms with Crippen LogP contribution in [0, 0.1) is 5.92 Å². The zero-order valence-corrected chi connectivity index (χ0v) is 13.7. The summed E-state index contributed by atoms with van der Waals surface area (Å²) >= 11 is 0. The molecule has 0 aromatic heterocycles. The van der Waals surface area contributed by atoms with Crippen molar-refractivity contribution in [3.05, 3.63) is 0 Å². The fourth-order valence-electron chi connectivity index (χ4n) is 3.52. The second kappa shape index (κ2) is 7.97. The number of urea groups is 1. The van der Waals surface area contributed by atoms with Crippen LogP contribution in [0.15, 0.2) is 0 Å². The van der Waals surface area contributed by atoms with Gasteiger partial charge in [-0.2, -0.15) is 0 Å². The second-order valence-electron chi connectivity index (χ2n) is 6.54. The Labute approximate surface area is 137 Å². The lowest BCUT2D eigenvalue weighted by Gasteiger charge is -2.36. The fourth-order valence-corrected chi connectivity index (χ4v) is 3.52. The van der Waals surface area contributed by atoms with Gasteiger partial charge in [0.05, 0.1) is 25.2 Å². The van der Waals surface area contributed by atoms with E-state index in [1.165, 1.54) is 0 Å². The Morgan fingerprint density at radius 1 is 1.00 bits per heavy atom. The topological polar surface area (TPSA) is 71.1 Å². The molecule has 0 saturated carbocycles. The summed E-state index contributed by atoms with van der Waals surface area (Å²) in [5.41, 5.74) is 0. The van der Waals surface area contributed by atoms with E-state index in [0.29, 0.717) is 39.4 Å². The Hall–Kier alpha value is -1.34. The summed E-state index contributed by atoms with van der Waals surface area (Å²) in [7, 11) is 0. The third-order valence-corrected chi connectivity index (χ3v) is 4.89. The van der Waals surface area contributed by atoms with Gasteiger partial charge in [-0.15, -0.1) is 0 Å².